The SMILES string of the molecule is CCC(NC1CCCCC1)c1ccc(OC)c(OC)c1. The van der Waals surface area contributed by atoms with Crippen LogP contribution in [0.5, 0.6) is 11.5 Å². The van der Waals surface area contributed by atoms with Gasteiger partial charge in [0.25, 0.3) is 0 Å². The summed E-state index contributed by atoms with van der Waals surface area (Å²) in [4.78, 5) is 0. The average molecular weight is 277 g/mol. The van der Waals surface area contributed by atoms with E-state index in [1.807, 2.05) is 6.07 Å². The van der Waals surface area contributed by atoms with Crippen LogP contribution in [0.15, 0.2) is 18.2 Å². The molecule has 20 heavy (non-hydrogen) atoms. The predicted molar refractivity (Wildman–Crippen MR) is 82.6 cm³/mol. The Labute approximate surface area is 122 Å². The van der Waals surface area contributed by atoms with Gasteiger partial charge in [0.15, 0.2) is 11.5 Å². The van der Waals surface area contributed by atoms with Gasteiger partial charge in [0, 0.05) is 12.1 Å². The maximum atomic E-state index is 5.41. The molecule has 2 rings (SSSR count). The number of benzene rings is 1. The lowest BCUT2D eigenvalue weighted by molar-refractivity contribution is 0.331. The van der Waals surface area contributed by atoms with E-state index >= 15 is 0 Å². The zero-order valence-electron chi connectivity index (χ0n) is 12.9. The molecule has 1 aromatic rings. The molecule has 1 aliphatic carbocycles. The zero-order chi connectivity index (χ0) is 14.4. The third-order valence-corrected chi connectivity index (χ3v) is 4.26. The number of methoxy groups -OCH3 is 2. The van der Waals surface area contributed by atoms with Gasteiger partial charge in [-0.25, -0.2) is 0 Å². The standard InChI is InChI=1S/C17H27NO2/c1-4-15(18-14-8-6-5-7-9-14)13-10-11-16(19-2)17(12-13)20-3/h10-12,14-15,18H,4-9H2,1-3H3. The summed E-state index contributed by atoms with van der Waals surface area (Å²) in [6.07, 6.45) is 7.82. The van der Waals surface area contributed by atoms with Gasteiger partial charge in [-0.05, 0) is 37.0 Å². The lowest BCUT2D eigenvalue weighted by Crippen LogP contribution is -2.34. The first kappa shape index (κ1) is 15.2. The molecular weight excluding hydrogens is 250 g/mol. The number of hydrogen-bond donors (Lipinski definition) is 1. The van der Waals surface area contributed by atoms with E-state index < -0.39 is 0 Å². The van der Waals surface area contributed by atoms with E-state index in [0.29, 0.717) is 12.1 Å². The molecular formula is C17H27NO2. The second-order valence-electron chi connectivity index (χ2n) is 5.58. The van der Waals surface area contributed by atoms with Crippen LogP contribution in [0, 0.1) is 0 Å². The molecule has 0 aromatic heterocycles. The highest BCUT2D eigenvalue weighted by Crippen LogP contribution is 2.31. The van der Waals surface area contributed by atoms with Gasteiger partial charge in [0.1, 0.15) is 0 Å². The third-order valence-electron chi connectivity index (χ3n) is 4.26. The molecule has 0 bridgehead atoms. The first-order valence-electron chi connectivity index (χ1n) is 7.76. The smallest absolute Gasteiger partial charge is 0.161 e. The summed E-state index contributed by atoms with van der Waals surface area (Å²) < 4.78 is 10.7. The van der Waals surface area contributed by atoms with Gasteiger partial charge in [-0.15, -0.1) is 0 Å². The summed E-state index contributed by atoms with van der Waals surface area (Å²) in [6, 6.07) is 7.31. The predicted octanol–water partition coefficient (Wildman–Crippen LogP) is 4.08. The van der Waals surface area contributed by atoms with E-state index in [1.165, 1.54) is 37.7 Å². The van der Waals surface area contributed by atoms with Crippen molar-refractivity contribution >= 4 is 0 Å². The summed E-state index contributed by atoms with van der Waals surface area (Å²) in [6.45, 7) is 2.23. The highest BCUT2D eigenvalue weighted by atomic mass is 16.5. The molecule has 112 valence electrons. The van der Waals surface area contributed by atoms with E-state index in [4.69, 9.17) is 9.47 Å². The van der Waals surface area contributed by atoms with Crippen molar-refractivity contribution in [1.29, 1.82) is 0 Å². The van der Waals surface area contributed by atoms with Gasteiger partial charge < -0.3 is 14.8 Å². The first-order valence-corrected chi connectivity index (χ1v) is 7.76. The van der Waals surface area contributed by atoms with Crippen LogP contribution in [0.1, 0.15) is 57.1 Å². The summed E-state index contributed by atoms with van der Waals surface area (Å²) >= 11 is 0. The highest BCUT2D eigenvalue weighted by molar-refractivity contribution is 5.43. The molecule has 1 fully saturated rings. The van der Waals surface area contributed by atoms with E-state index in [2.05, 4.69) is 24.4 Å². The first-order chi connectivity index (χ1) is 9.78. The van der Waals surface area contributed by atoms with E-state index in [0.717, 1.165) is 17.9 Å². The number of ether oxygens (including phenoxy) is 2. The number of hydrogen-bond acceptors (Lipinski definition) is 3. The minimum atomic E-state index is 0.401. The van der Waals surface area contributed by atoms with Crippen molar-refractivity contribution in [2.24, 2.45) is 0 Å². The fourth-order valence-electron chi connectivity index (χ4n) is 3.07. The maximum absolute atomic E-state index is 5.41. The van der Waals surface area contributed by atoms with E-state index in [1.54, 1.807) is 14.2 Å². The molecule has 1 atom stereocenters. The summed E-state index contributed by atoms with van der Waals surface area (Å²) in [5.41, 5.74) is 1.29. The molecule has 1 unspecified atom stereocenters. The van der Waals surface area contributed by atoms with Crippen molar-refractivity contribution in [1.82, 2.24) is 5.32 Å². The molecule has 1 aromatic carbocycles. The monoisotopic (exact) mass is 277 g/mol. The number of nitrogens with one attached hydrogen (secondary N) is 1. The van der Waals surface area contributed by atoms with Gasteiger partial charge in [-0.2, -0.15) is 0 Å². The van der Waals surface area contributed by atoms with Crippen LogP contribution in [0.3, 0.4) is 0 Å². The Morgan fingerprint density at radius 1 is 1.10 bits per heavy atom. The fraction of sp³-hybridized carbons (Fsp3) is 0.647. The van der Waals surface area contributed by atoms with Gasteiger partial charge in [-0.1, -0.05) is 32.3 Å². The second kappa shape index (κ2) is 7.53. The van der Waals surface area contributed by atoms with Crippen LogP contribution < -0.4 is 14.8 Å². The van der Waals surface area contributed by atoms with Crippen molar-refractivity contribution in [3.63, 3.8) is 0 Å². The van der Waals surface area contributed by atoms with Crippen LogP contribution in [-0.2, 0) is 0 Å². The zero-order valence-corrected chi connectivity index (χ0v) is 12.9. The molecule has 1 aliphatic rings. The highest BCUT2D eigenvalue weighted by Gasteiger charge is 2.19. The van der Waals surface area contributed by atoms with Gasteiger partial charge >= 0.3 is 0 Å². The van der Waals surface area contributed by atoms with Crippen molar-refractivity contribution in [2.75, 3.05) is 14.2 Å². The molecule has 1 saturated carbocycles. The molecule has 0 radical (unpaired) electrons. The topological polar surface area (TPSA) is 30.5 Å². The van der Waals surface area contributed by atoms with Crippen LogP contribution in [-0.4, -0.2) is 20.3 Å². The van der Waals surface area contributed by atoms with Crippen molar-refractivity contribution in [2.45, 2.75) is 57.5 Å². The molecule has 3 heteroatoms. The Morgan fingerprint density at radius 3 is 2.40 bits per heavy atom. The molecule has 0 heterocycles. The van der Waals surface area contributed by atoms with Crippen LogP contribution >= 0.6 is 0 Å². The molecule has 1 N–H and O–H groups in total. The van der Waals surface area contributed by atoms with Crippen LogP contribution in [0.25, 0.3) is 0 Å². The Morgan fingerprint density at radius 2 is 1.80 bits per heavy atom. The molecule has 0 saturated heterocycles. The molecule has 0 aliphatic heterocycles. The maximum Gasteiger partial charge on any atom is 0.161 e. The second-order valence-corrected chi connectivity index (χ2v) is 5.58. The van der Waals surface area contributed by atoms with E-state index in [-0.39, 0.29) is 0 Å². The minimum Gasteiger partial charge on any atom is -0.493 e. The quantitative estimate of drug-likeness (QED) is 0.850. The Bertz CT molecular complexity index is 413. The van der Waals surface area contributed by atoms with Gasteiger partial charge in [0.05, 0.1) is 14.2 Å². The summed E-state index contributed by atoms with van der Waals surface area (Å²) in [5.74, 6) is 1.61. The average Bonchev–Trinajstić information content (AvgIpc) is 2.53. The largest absolute Gasteiger partial charge is 0.493 e. The van der Waals surface area contributed by atoms with Crippen LogP contribution in [0.2, 0.25) is 0 Å². The Kier molecular flexibility index (Phi) is 5.72. The third kappa shape index (κ3) is 3.66. The Balaban J connectivity index is 2.09. The van der Waals surface area contributed by atoms with Gasteiger partial charge in [0.2, 0.25) is 0 Å². The van der Waals surface area contributed by atoms with Crippen molar-refractivity contribution in [3.05, 3.63) is 23.8 Å². The van der Waals surface area contributed by atoms with Crippen molar-refractivity contribution in [3.8, 4) is 11.5 Å². The molecule has 0 spiro atoms. The molecule has 3 nitrogen and oxygen atoms in total. The lowest BCUT2D eigenvalue weighted by Gasteiger charge is -2.28. The van der Waals surface area contributed by atoms with E-state index in [9.17, 15) is 0 Å². The fourth-order valence-corrected chi connectivity index (χ4v) is 3.07. The minimum absolute atomic E-state index is 0.401. The Hall–Kier alpha value is -1.22. The molecule has 0 amide bonds. The lowest BCUT2D eigenvalue weighted by atomic mass is 9.93. The van der Waals surface area contributed by atoms with Crippen molar-refractivity contribution < 1.29 is 9.47 Å². The summed E-state index contributed by atoms with van der Waals surface area (Å²) in [7, 11) is 3.37. The van der Waals surface area contributed by atoms with Crippen LogP contribution in [0.4, 0.5) is 0 Å². The summed E-state index contributed by atoms with van der Waals surface area (Å²) in [5, 5.41) is 3.81. The normalized spacial score (nSPS) is 17.8. The van der Waals surface area contributed by atoms with Gasteiger partial charge in [-0.3, -0.25) is 0 Å². The number of rotatable bonds is 6.